The summed E-state index contributed by atoms with van der Waals surface area (Å²) in [5.74, 6) is 1.65. The van der Waals surface area contributed by atoms with E-state index in [4.69, 9.17) is 4.74 Å². The Balaban J connectivity index is 1.39. The van der Waals surface area contributed by atoms with Crippen LogP contribution >= 0.6 is 11.3 Å². The molecular formula is C23H26N4O2S. The number of anilines is 1. The van der Waals surface area contributed by atoms with Crippen molar-refractivity contribution in [2.45, 2.75) is 32.7 Å². The molecule has 0 radical (unpaired) electrons. The molecule has 4 rings (SSSR count). The number of piperidine rings is 1. The summed E-state index contributed by atoms with van der Waals surface area (Å²) < 4.78 is 5.44. The smallest absolute Gasteiger partial charge is 0.271 e. The van der Waals surface area contributed by atoms with Gasteiger partial charge in [0.1, 0.15) is 22.3 Å². The molecule has 1 fully saturated rings. The van der Waals surface area contributed by atoms with Crippen LogP contribution in [0.2, 0.25) is 0 Å². The number of thiazole rings is 1. The lowest BCUT2D eigenvalue weighted by Gasteiger charge is -2.27. The molecule has 0 unspecified atom stereocenters. The average Bonchev–Trinajstić information content (AvgIpc) is 3.30. The molecule has 3 aromatic rings. The first kappa shape index (κ1) is 20.3. The van der Waals surface area contributed by atoms with Crippen molar-refractivity contribution < 1.29 is 9.53 Å². The Bertz CT molecular complexity index is 981. The summed E-state index contributed by atoms with van der Waals surface area (Å²) in [6.07, 6.45) is 5.54. The number of hydrogen-bond donors (Lipinski definition) is 1. The third kappa shape index (κ3) is 4.97. The van der Waals surface area contributed by atoms with Crippen LogP contribution < -0.4 is 15.0 Å². The molecular weight excluding hydrogens is 396 g/mol. The maximum atomic E-state index is 12.5. The fraction of sp³-hybridized carbons (Fsp3) is 0.348. The largest absolute Gasteiger partial charge is 0.494 e. The minimum absolute atomic E-state index is 0.170. The van der Waals surface area contributed by atoms with E-state index in [9.17, 15) is 4.79 Å². The fourth-order valence-electron chi connectivity index (χ4n) is 3.50. The molecule has 30 heavy (non-hydrogen) atoms. The van der Waals surface area contributed by atoms with Crippen molar-refractivity contribution in [1.82, 2.24) is 15.3 Å². The van der Waals surface area contributed by atoms with Crippen LogP contribution in [0.3, 0.4) is 0 Å². The van der Waals surface area contributed by atoms with E-state index in [1.807, 2.05) is 48.8 Å². The molecule has 156 valence electrons. The highest BCUT2D eigenvalue weighted by molar-refractivity contribution is 7.13. The van der Waals surface area contributed by atoms with E-state index in [2.05, 4.69) is 26.3 Å². The Hall–Kier alpha value is -2.93. The number of carbonyl (C=O) groups excluding carboxylic acids is 1. The Morgan fingerprint density at radius 2 is 1.97 bits per heavy atom. The third-order valence-corrected chi connectivity index (χ3v) is 5.99. The van der Waals surface area contributed by atoms with Gasteiger partial charge < -0.3 is 15.0 Å². The van der Waals surface area contributed by atoms with E-state index in [0.717, 1.165) is 40.8 Å². The van der Waals surface area contributed by atoms with E-state index in [1.165, 1.54) is 30.6 Å². The molecule has 0 atom stereocenters. The van der Waals surface area contributed by atoms with Crippen molar-refractivity contribution in [2.75, 3.05) is 24.6 Å². The normalized spacial score (nSPS) is 13.8. The number of hydrogen-bond acceptors (Lipinski definition) is 6. The van der Waals surface area contributed by atoms with Crippen LogP contribution in [0.1, 0.15) is 42.2 Å². The van der Waals surface area contributed by atoms with Gasteiger partial charge in [-0.05, 0) is 56.0 Å². The van der Waals surface area contributed by atoms with Gasteiger partial charge in [-0.25, -0.2) is 9.97 Å². The summed E-state index contributed by atoms with van der Waals surface area (Å²) in [5, 5.41) is 5.58. The van der Waals surface area contributed by atoms with Gasteiger partial charge in [-0.1, -0.05) is 12.1 Å². The zero-order valence-electron chi connectivity index (χ0n) is 17.1. The topological polar surface area (TPSA) is 67.3 Å². The molecule has 0 aliphatic carbocycles. The van der Waals surface area contributed by atoms with Gasteiger partial charge in [0, 0.05) is 36.8 Å². The standard InChI is InChI=1S/C23H26N4O2S/c1-2-29-19-8-6-17(7-9-19)15-25-22(28)20-16-30-23(26-20)18-10-11-24-21(14-18)27-12-4-3-5-13-27/h6-11,14,16H,2-5,12-13,15H2,1H3,(H,25,28). The van der Waals surface area contributed by atoms with E-state index in [-0.39, 0.29) is 5.91 Å². The molecule has 1 amide bonds. The van der Waals surface area contributed by atoms with Crippen molar-refractivity contribution >= 4 is 23.1 Å². The van der Waals surface area contributed by atoms with Crippen LogP contribution in [0.4, 0.5) is 5.82 Å². The van der Waals surface area contributed by atoms with Crippen molar-refractivity contribution in [3.63, 3.8) is 0 Å². The number of carbonyl (C=O) groups is 1. The van der Waals surface area contributed by atoms with Crippen LogP contribution in [-0.4, -0.2) is 35.6 Å². The van der Waals surface area contributed by atoms with Gasteiger partial charge in [-0.3, -0.25) is 4.79 Å². The van der Waals surface area contributed by atoms with Gasteiger partial charge in [-0.15, -0.1) is 11.3 Å². The second kappa shape index (κ2) is 9.71. The summed E-state index contributed by atoms with van der Waals surface area (Å²) in [4.78, 5) is 23.9. The molecule has 1 aliphatic rings. The number of aromatic nitrogens is 2. The second-order valence-electron chi connectivity index (χ2n) is 7.25. The zero-order chi connectivity index (χ0) is 20.8. The number of nitrogens with one attached hydrogen (secondary N) is 1. The highest BCUT2D eigenvalue weighted by Crippen LogP contribution is 2.27. The molecule has 0 spiro atoms. The van der Waals surface area contributed by atoms with Crippen molar-refractivity contribution in [1.29, 1.82) is 0 Å². The predicted molar refractivity (Wildman–Crippen MR) is 120 cm³/mol. The molecule has 1 saturated heterocycles. The van der Waals surface area contributed by atoms with E-state index in [0.29, 0.717) is 18.8 Å². The molecule has 7 heteroatoms. The lowest BCUT2D eigenvalue weighted by Crippen LogP contribution is -2.30. The fourth-order valence-corrected chi connectivity index (χ4v) is 4.30. The van der Waals surface area contributed by atoms with Crippen molar-refractivity contribution in [3.8, 4) is 16.3 Å². The highest BCUT2D eigenvalue weighted by atomic mass is 32.1. The SMILES string of the molecule is CCOc1ccc(CNC(=O)c2csc(-c3ccnc(N4CCCCC4)c3)n2)cc1. The molecule has 1 aromatic carbocycles. The summed E-state index contributed by atoms with van der Waals surface area (Å²) >= 11 is 1.48. The molecule has 3 heterocycles. The Morgan fingerprint density at radius 1 is 1.17 bits per heavy atom. The van der Waals surface area contributed by atoms with Crippen LogP contribution in [0.5, 0.6) is 5.75 Å². The first-order chi connectivity index (χ1) is 14.7. The van der Waals surface area contributed by atoms with Crippen LogP contribution in [0, 0.1) is 0 Å². The van der Waals surface area contributed by atoms with Gasteiger partial charge >= 0.3 is 0 Å². The van der Waals surface area contributed by atoms with Gasteiger partial charge in [0.2, 0.25) is 0 Å². The minimum atomic E-state index is -0.170. The maximum Gasteiger partial charge on any atom is 0.271 e. The first-order valence-corrected chi connectivity index (χ1v) is 11.3. The molecule has 0 bridgehead atoms. The number of amides is 1. The van der Waals surface area contributed by atoms with E-state index >= 15 is 0 Å². The van der Waals surface area contributed by atoms with Gasteiger partial charge in [-0.2, -0.15) is 0 Å². The Morgan fingerprint density at radius 3 is 2.73 bits per heavy atom. The van der Waals surface area contributed by atoms with Crippen LogP contribution in [0.15, 0.2) is 48.0 Å². The number of pyridine rings is 1. The first-order valence-electron chi connectivity index (χ1n) is 10.4. The summed E-state index contributed by atoms with van der Waals surface area (Å²) in [6.45, 7) is 5.14. The lowest BCUT2D eigenvalue weighted by molar-refractivity contribution is 0.0946. The number of nitrogens with zero attached hydrogens (tertiary/aromatic N) is 3. The average molecular weight is 423 g/mol. The molecule has 0 saturated carbocycles. The predicted octanol–water partition coefficient (Wildman–Crippen LogP) is 4.52. The quantitative estimate of drug-likeness (QED) is 0.606. The third-order valence-electron chi connectivity index (χ3n) is 5.10. The lowest BCUT2D eigenvalue weighted by atomic mass is 10.1. The van der Waals surface area contributed by atoms with Crippen LogP contribution in [-0.2, 0) is 6.54 Å². The highest BCUT2D eigenvalue weighted by Gasteiger charge is 2.15. The van der Waals surface area contributed by atoms with Crippen LogP contribution in [0.25, 0.3) is 10.6 Å². The van der Waals surface area contributed by atoms with E-state index < -0.39 is 0 Å². The number of ether oxygens (including phenoxy) is 1. The van der Waals surface area contributed by atoms with Crippen molar-refractivity contribution in [3.05, 3.63) is 59.2 Å². The number of rotatable bonds is 7. The Labute approximate surface area is 180 Å². The van der Waals surface area contributed by atoms with Gasteiger partial charge in [0.05, 0.1) is 6.61 Å². The Kier molecular flexibility index (Phi) is 6.59. The minimum Gasteiger partial charge on any atom is -0.494 e. The summed E-state index contributed by atoms with van der Waals surface area (Å²) in [6, 6.07) is 11.8. The molecule has 6 nitrogen and oxygen atoms in total. The summed E-state index contributed by atoms with van der Waals surface area (Å²) in [7, 11) is 0. The molecule has 2 aromatic heterocycles. The second-order valence-corrected chi connectivity index (χ2v) is 8.11. The molecule has 1 N–H and O–H groups in total. The number of benzene rings is 1. The van der Waals surface area contributed by atoms with Crippen molar-refractivity contribution in [2.24, 2.45) is 0 Å². The zero-order valence-corrected chi connectivity index (χ0v) is 18.0. The maximum absolute atomic E-state index is 12.5. The van der Waals surface area contributed by atoms with E-state index in [1.54, 1.807) is 0 Å². The van der Waals surface area contributed by atoms with Gasteiger partial charge in [0.25, 0.3) is 5.91 Å². The summed E-state index contributed by atoms with van der Waals surface area (Å²) in [5.41, 5.74) is 2.46. The monoisotopic (exact) mass is 422 g/mol. The van der Waals surface area contributed by atoms with Gasteiger partial charge in [0.15, 0.2) is 0 Å². The molecule has 1 aliphatic heterocycles.